The van der Waals surface area contributed by atoms with Crippen LogP contribution in [-0.4, -0.2) is 18.3 Å². The Hall–Kier alpha value is -2.79. The average Bonchev–Trinajstić information content (AvgIpc) is 2.64. The molecule has 2 aromatic rings. The number of carbonyl (C=O) groups excluding carboxylic acids is 1. The molecular weight excluding hydrogens is 448 g/mol. The Balaban J connectivity index is 2.07. The van der Waals surface area contributed by atoms with Crippen LogP contribution in [0.5, 0.6) is 0 Å². The first-order valence-electron chi connectivity index (χ1n) is 8.40. The fourth-order valence-electron chi connectivity index (χ4n) is 2.65. The number of carbonyl (C=O) groups is 1. The Kier molecular flexibility index (Phi) is 6.62. The van der Waals surface area contributed by atoms with E-state index in [4.69, 9.17) is 0 Å². The van der Waals surface area contributed by atoms with Crippen LogP contribution in [0.4, 0.5) is 43.9 Å². The Morgan fingerprint density at radius 1 is 0.710 bits per heavy atom. The van der Waals surface area contributed by atoms with Gasteiger partial charge in [0.25, 0.3) is 0 Å². The van der Waals surface area contributed by atoms with Crippen LogP contribution in [0.3, 0.4) is 0 Å². The summed E-state index contributed by atoms with van der Waals surface area (Å²) >= 11 is 0. The van der Waals surface area contributed by atoms with Gasteiger partial charge in [-0.1, -0.05) is 42.5 Å². The molecule has 0 radical (unpaired) electrons. The number of benzene rings is 2. The molecule has 0 fully saturated rings. The lowest BCUT2D eigenvalue weighted by atomic mass is 9.93. The van der Waals surface area contributed by atoms with Gasteiger partial charge < -0.3 is 5.32 Å². The maximum absolute atomic E-state index is 13.9. The highest BCUT2D eigenvalue weighted by molar-refractivity contribution is 5.78. The lowest BCUT2D eigenvalue weighted by molar-refractivity contribution is -0.348. The summed E-state index contributed by atoms with van der Waals surface area (Å²) in [7, 11) is 0. The lowest BCUT2D eigenvalue weighted by Gasteiger charge is -2.30. The monoisotopic (exact) mass is 461 g/mol. The zero-order valence-electron chi connectivity index (χ0n) is 15.2. The van der Waals surface area contributed by atoms with Crippen LogP contribution in [0.15, 0.2) is 48.5 Å². The Labute approximate surface area is 168 Å². The number of hydrogen-bond acceptors (Lipinski definition) is 1. The molecule has 0 aliphatic rings. The Morgan fingerprint density at radius 2 is 1.26 bits per heavy atom. The third-order valence-corrected chi connectivity index (χ3v) is 4.24. The third kappa shape index (κ3) is 5.47. The number of rotatable bonds is 5. The average molecular weight is 461 g/mol. The first kappa shape index (κ1) is 24.5. The highest BCUT2D eigenvalue weighted by Gasteiger charge is 2.73. The third-order valence-electron chi connectivity index (χ3n) is 4.24. The fourth-order valence-corrected chi connectivity index (χ4v) is 2.65. The largest absolute Gasteiger partial charge is 0.435 e. The maximum Gasteiger partial charge on any atom is 0.435 e. The van der Waals surface area contributed by atoms with Gasteiger partial charge >= 0.3 is 24.2 Å². The molecule has 0 atom stereocenters. The maximum atomic E-state index is 13.9. The minimum Gasteiger partial charge on any atom is -0.352 e. The zero-order valence-corrected chi connectivity index (χ0v) is 15.2. The van der Waals surface area contributed by atoms with Gasteiger partial charge in [0.2, 0.25) is 5.91 Å². The van der Waals surface area contributed by atoms with Crippen molar-refractivity contribution in [3.63, 3.8) is 0 Å². The molecule has 0 unspecified atom stereocenters. The molecule has 1 N–H and O–H groups in total. The van der Waals surface area contributed by atoms with E-state index < -0.39 is 47.7 Å². The van der Waals surface area contributed by atoms with E-state index in [2.05, 4.69) is 5.32 Å². The molecule has 0 aromatic heterocycles. The summed E-state index contributed by atoms with van der Waals surface area (Å²) in [6.45, 7) is -0.352. The molecule has 0 aliphatic heterocycles. The predicted octanol–water partition coefficient (Wildman–Crippen LogP) is 5.85. The second-order valence-electron chi connectivity index (χ2n) is 6.50. The molecule has 0 saturated carbocycles. The van der Waals surface area contributed by atoms with Gasteiger partial charge in [-0.2, -0.15) is 39.5 Å². The van der Waals surface area contributed by atoms with Crippen molar-refractivity contribution in [1.29, 1.82) is 0 Å². The number of alkyl halides is 10. The Bertz CT molecular complexity index is 899. The van der Waals surface area contributed by atoms with Gasteiger partial charge in [-0.25, -0.2) is 4.39 Å². The summed E-state index contributed by atoms with van der Waals surface area (Å²) in [6.07, 6.45) is -17.5. The molecule has 0 saturated heterocycles. The number of hydrogen-bond donors (Lipinski definition) is 1. The summed E-state index contributed by atoms with van der Waals surface area (Å²) in [6, 6.07) is 6.11. The van der Waals surface area contributed by atoms with Crippen LogP contribution in [0.2, 0.25) is 0 Å². The second-order valence-corrected chi connectivity index (χ2v) is 6.50. The van der Waals surface area contributed by atoms with E-state index in [1.165, 1.54) is 6.07 Å². The van der Waals surface area contributed by atoms with E-state index in [0.29, 0.717) is 12.1 Å². The van der Waals surface area contributed by atoms with Gasteiger partial charge in [0.1, 0.15) is 0 Å². The summed E-state index contributed by atoms with van der Waals surface area (Å²) in [4.78, 5) is 11.9. The van der Waals surface area contributed by atoms with Crippen molar-refractivity contribution in [1.82, 2.24) is 5.32 Å². The van der Waals surface area contributed by atoms with Crippen LogP contribution in [0.25, 0.3) is 0 Å². The van der Waals surface area contributed by atoms with Crippen molar-refractivity contribution in [3.05, 3.63) is 70.8 Å². The van der Waals surface area contributed by atoms with E-state index >= 15 is 0 Å². The highest BCUT2D eigenvalue weighted by Crippen LogP contribution is 2.53. The number of nitrogens with one attached hydrogen (secondary N) is 1. The second kappa shape index (κ2) is 8.39. The molecule has 0 bridgehead atoms. The zero-order chi connectivity index (χ0) is 23.7. The summed E-state index contributed by atoms with van der Waals surface area (Å²) in [5, 5.41) is 2.27. The molecule has 2 rings (SSSR count). The highest BCUT2D eigenvalue weighted by atomic mass is 19.4. The van der Waals surface area contributed by atoms with E-state index in [-0.39, 0.29) is 17.7 Å². The van der Waals surface area contributed by atoms with Gasteiger partial charge in [0.15, 0.2) is 0 Å². The minimum absolute atomic E-state index is 0.0419. The molecule has 0 aliphatic carbocycles. The standard InChI is InChI=1S/C19H13F10NO/c20-16(18(24,25)26,19(27,28)29)13-6-4-11(5-7-13)10-30-15(31)9-12-2-1-3-14(8-12)17(21,22)23/h1-8H,9-10H2,(H,30,31). The van der Waals surface area contributed by atoms with E-state index in [1.807, 2.05) is 0 Å². The van der Waals surface area contributed by atoms with E-state index in [0.717, 1.165) is 30.3 Å². The number of amides is 1. The minimum atomic E-state index is -6.24. The van der Waals surface area contributed by atoms with Crippen molar-refractivity contribution in [2.45, 2.75) is 37.2 Å². The van der Waals surface area contributed by atoms with Gasteiger partial charge in [-0.15, -0.1) is 0 Å². The molecule has 31 heavy (non-hydrogen) atoms. The first-order valence-corrected chi connectivity index (χ1v) is 8.40. The Morgan fingerprint density at radius 3 is 1.74 bits per heavy atom. The normalized spacial score (nSPS) is 13.2. The molecule has 0 heterocycles. The topological polar surface area (TPSA) is 29.1 Å². The predicted molar refractivity (Wildman–Crippen MR) is 88.3 cm³/mol. The molecule has 2 aromatic carbocycles. The van der Waals surface area contributed by atoms with E-state index in [1.54, 1.807) is 0 Å². The molecule has 2 nitrogen and oxygen atoms in total. The number of halogens is 10. The molecule has 0 spiro atoms. The van der Waals surface area contributed by atoms with E-state index in [9.17, 15) is 48.7 Å². The molecule has 12 heteroatoms. The lowest BCUT2D eigenvalue weighted by Crippen LogP contribution is -2.50. The summed E-state index contributed by atoms with van der Waals surface area (Å²) < 4.78 is 128. The molecule has 170 valence electrons. The van der Waals surface area contributed by atoms with Crippen molar-refractivity contribution in [2.24, 2.45) is 0 Å². The van der Waals surface area contributed by atoms with Crippen LogP contribution in [0.1, 0.15) is 22.3 Å². The first-order chi connectivity index (χ1) is 14.1. The smallest absolute Gasteiger partial charge is 0.352 e. The summed E-state index contributed by atoms with van der Waals surface area (Å²) in [5.41, 5.74) is -8.11. The van der Waals surface area contributed by atoms with Crippen molar-refractivity contribution in [3.8, 4) is 0 Å². The van der Waals surface area contributed by atoms with Crippen molar-refractivity contribution >= 4 is 5.91 Å². The van der Waals surface area contributed by atoms with Crippen molar-refractivity contribution in [2.75, 3.05) is 0 Å². The van der Waals surface area contributed by atoms with Crippen LogP contribution in [0, 0.1) is 0 Å². The fraction of sp³-hybridized carbons (Fsp3) is 0.316. The van der Waals surface area contributed by atoms with Gasteiger partial charge in [-0.3, -0.25) is 4.79 Å². The SMILES string of the molecule is O=C(Cc1cccc(C(F)(F)F)c1)NCc1ccc(C(F)(C(F)(F)F)C(F)(F)F)cc1. The van der Waals surface area contributed by atoms with Gasteiger partial charge in [0, 0.05) is 12.1 Å². The van der Waals surface area contributed by atoms with Crippen LogP contribution >= 0.6 is 0 Å². The van der Waals surface area contributed by atoms with Gasteiger partial charge in [-0.05, 0) is 17.2 Å². The van der Waals surface area contributed by atoms with Gasteiger partial charge in [0.05, 0.1) is 12.0 Å². The van der Waals surface area contributed by atoms with Crippen LogP contribution in [-0.2, 0) is 29.6 Å². The van der Waals surface area contributed by atoms with Crippen LogP contribution < -0.4 is 5.32 Å². The van der Waals surface area contributed by atoms with Crippen molar-refractivity contribution < 1.29 is 48.7 Å². The summed E-state index contributed by atoms with van der Waals surface area (Å²) in [5.74, 6) is -0.742. The molecule has 1 amide bonds. The molecular formula is C19H13F10NO. The quantitative estimate of drug-likeness (QED) is 0.556.